The van der Waals surface area contributed by atoms with Crippen molar-refractivity contribution in [3.63, 3.8) is 0 Å². The molecule has 1 heterocycles. The van der Waals surface area contributed by atoms with E-state index in [1.54, 1.807) is 30.3 Å². The largest absolute Gasteiger partial charge is 0.465 e. The minimum absolute atomic E-state index is 0.224. The van der Waals surface area contributed by atoms with Crippen LogP contribution in [-0.4, -0.2) is 35.0 Å². The fourth-order valence-electron chi connectivity index (χ4n) is 2.82. The molecule has 1 aliphatic rings. The van der Waals surface area contributed by atoms with Gasteiger partial charge in [0.05, 0.1) is 12.7 Å². The number of carbonyl (C=O) groups is 2. The van der Waals surface area contributed by atoms with E-state index in [9.17, 15) is 9.59 Å². The van der Waals surface area contributed by atoms with E-state index in [0.29, 0.717) is 22.9 Å². The van der Waals surface area contributed by atoms with Gasteiger partial charge in [0.15, 0.2) is 5.82 Å². The van der Waals surface area contributed by atoms with Crippen LogP contribution in [0.5, 0.6) is 0 Å². The minimum Gasteiger partial charge on any atom is -0.465 e. The summed E-state index contributed by atoms with van der Waals surface area (Å²) in [5.74, 6) is 0.256. The number of nitrogens with zero attached hydrogens (tertiary/aromatic N) is 2. The van der Waals surface area contributed by atoms with Crippen LogP contribution in [0.3, 0.4) is 0 Å². The Kier molecular flexibility index (Phi) is 5.20. The molecule has 0 saturated heterocycles. The van der Waals surface area contributed by atoms with Crippen LogP contribution in [0, 0.1) is 0 Å². The maximum Gasteiger partial charge on any atom is 0.337 e. The van der Waals surface area contributed by atoms with Crippen molar-refractivity contribution in [1.29, 1.82) is 0 Å². The molecule has 0 bridgehead atoms. The van der Waals surface area contributed by atoms with Crippen LogP contribution < -0.4 is 10.6 Å². The molecule has 1 fully saturated rings. The highest BCUT2D eigenvalue weighted by molar-refractivity contribution is 5.94. The predicted octanol–water partition coefficient (Wildman–Crippen LogP) is 3.57. The number of nitrogens with one attached hydrogen (secondary N) is 2. The van der Waals surface area contributed by atoms with E-state index in [1.807, 2.05) is 30.3 Å². The van der Waals surface area contributed by atoms with E-state index in [-0.39, 0.29) is 17.6 Å². The van der Waals surface area contributed by atoms with Gasteiger partial charge in [-0.05, 0) is 31.0 Å². The Balaban J connectivity index is 1.68. The fraction of sp³-hybridized carbons (Fsp3) is 0.182. The van der Waals surface area contributed by atoms with Crippen LogP contribution in [0.25, 0.3) is 11.4 Å². The molecule has 7 nitrogen and oxygen atoms in total. The number of hydrogen-bond donors (Lipinski definition) is 2. The zero-order valence-corrected chi connectivity index (χ0v) is 15.9. The number of benzene rings is 2. The van der Waals surface area contributed by atoms with Gasteiger partial charge in [0, 0.05) is 23.4 Å². The van der Waals surface area contributed by atoms with Crippen molar-refractivity contribution in [2.24, 2.45) is 0 Å². The maximum atomic E-state index is 12.6. The van der Waals surface area contributed by atoms with Crippen LogP contribution in [-0.2, 0) is 4.74 Å². The molecular weight excluding hydrogens is 368 g/mol. The number of rotatable bonds is 6. The second kappa shape index (κ2) is 8.10. The first-order valence-corrected chi connectivity index (χ1v) is 9.33. The minimum atomic E-state index is -0.425. The van der Waals surface area contributed by atoms with Gasteiger partial charge in [-0.1, -0.05) is 36.4 Å². The summed E-state index contributed by atoms with van der Waals surface area (Å²) < 4.78 is 4.77. The molecule has 0 spiro atoms. The molecule has 4 rings (SSSR count). The Labute approximate surface area is 168 Å². The summed E-state index contributed by atoms with van der Waals surface area (Å²) in [7, 11) is 1.34. The topological polar surface area (TPSA) is 93.2 Å². The van der Waals surface area contributed by atoms with Crippen molar-refractivity contribution in [2.45, 2.75) is 18.9 Å². The van der Waals surface area contributed by atoms with Crippen molar-refractivity contribution >= 4 is 23.4 Å². The SMILES string of the molecule is COC(=O)c1cccc(Nc2cc(C(=O)NC3CC3)nc(-c3ccccc3)n2)c1. The predicted molar refractivity (Wildman–Crippen MR) is 109 cm³/mol. The Morgan fingerprint density at radius 3 is 2.52 bits per heavy atom. The van der Waals surface area contributed by atoms with Gasteiger partial charge < -0.3 is 15.4 Å². The Morgan fingerprint density at radius 1 is 1.00 bits per heavy atom. The number of amides is 1. The van der Waals surface area contributed by atoms with Crippen molar-refractivity contribution < 1.29 is 14.3 Å². The van der Waals surface area contributed by atoms with Gasteiger partial charge in [0.1, 0.15) is 11.5 Å². The highest BCUT2D eigenvalue weighted by Crippen LogP contribution is 2.23. The number of methoxy groups -OCH3 is 1. The first-order chi connectivity index (χ1) is 14.1. The third-order valence-corrected chi connectivity index (χ3v) is 4.46. The normalized spacial score (nSPS) is 12.9. The summed E-state index contributed by atoms with van der Waals surface area (Å²) in [4.78, 5) is 33.4. The Morgan fingerprint density at radius 2 is 1.79 bits per heavy atom. The van der Waals surface area contributed by atoms with Crippen molar-refractivity contribution in [3.8, 4) is 11.4 Å². The average Bonchev–Trinajstić information content (AvgIpc) is 3.57. The summed E-state index contributed by atoms with van der Waals surface area (Å²) in [6, 6.07) is 18.2. The van der Waals surface area contributed by atoms with Gasteiger partial charge in [-0.2, -0.15) is 0 Å². The number of carbonyl (C=O) groups excluding carboxylic acids is 2. The number of hydrogen-bond acceptors (Lipinski definition) is 6. The summed E-state index contributed by atoms with van der Waals surface area (Å²) in [5.41, 5.74) is 2.16. The quantitative estimate of drug-likeness (QED) is 0.627. The van der Waals surface area contributed by atoms with Crippen LogP contribution >= 0.6 is 0 Å². The third kappa shape index (κ3) is 4.57. The zero-order valence-electron chi connectivity index (χ0n) is 15.9. The monoisotopic (exact) mass is 388 g/mol. The van der Waals surface area contributed by atoms with Crippen LogP contribution in [0.4, 0.5) is 11.5 Å². The number of ether oxygens (including phenoxy) is 1. The number of aromatic nitrogens is 2. The molecule has 146 valence electrons. The Bertz CT molecular complexity index is 1050. The second-order valence-corrected chi connectivity index (χ2v) is 6.77. The van der Waals surface area contributed by atoms with E-state index >= 15 is 0 Å². The van der Waals surface area contributed by atoms with E-state index in [4.69, 9.17) is 4.74 Å². The average molecular weight is 388 g/mol. The lowest BCUT2D eigenvalue weighted by Gasteiger charge is -2.11. The van der Waals surface area contributed by atoms with E-state index < -0.39 is 5.97 Å². The molecule has 0 radical (unpaired) electrons. The van der Waals surface area contributed by atoms with Crippen LogP contribution in [0.15, 0.2) is 60.7 Å². The number of anilines is 2. The van der Waals surface area contributed by atoms with Crippen molar-refractivity contribution in [2.75, 3.05) is 12.4 Å². The lowest BCUT2D eigenvalue weighted by molar-refractivity contribution is 0.0600. The molecule has 0 atom stereocenters. The summed E-state index contributed by atoms with van der Waals surface area (Å²) in [5, 5.41) is 6.11. The molecule has 1 aliphatic carbocycles. The summed E-state index contributed by atoms with van der Waals surface area (Å²) in [6.07, 6.45) is 1.99. The first-order valence-electron chi connectivity index (χ1n) is 9.33. The van der Waals surface area contributed by atoms with Crippen molar-refractivity contribution in [3.05, 3.63) is 71.9 Å². The zero-order chi connectivity index (χ0) is 20.2. The second-order valence-electron chi connectivity index (χ2n) is 6.77. The van der Waals surface area contributed by atoms with Gasteiger partial charge in [-0.3, -0.25) is 4.79 Å². The Hall–Kier alpha value is -3.74. The molecule has 1 saturated carbocycles. The molecule has 2 N–H and O–H groups in total. The molecule has 1 amide bonds. The van der Waals surface area contributed by atoms with E-state index in [0.717, 1.165) is 18.4 Å². The summed E-state index contributed by atoms with van der Waals surface area (Å²) in [6.45, 7) is 0. The molecule has 29 heavy (non-hydrogen) atoms. The molecule has 0 aliphatic heterocycles. The highest BCUT2D eigenvalue weighted by atomic mass is 16.5. The molecular formula is C22H20N4O3. The molecule has 1 aromatic heterocycles. The molecule has 7 heteroatoms. The van der Waals surface area contributed by atoms with Crippen molar-refractivity contribution in [1.82, 2.24) is 15.3 Å². The van der Waals surface area contributed by atoms with Gasteiger partial charge >= 0.3 is 5.97 Å². The van der Waals surface area contributed by atoms with Gasteiger partial charge in [-0.15, -0.1) is 0 Å². The van der Waals surface area contributed by atoms with E-state index in [2.05, 4.69) is 20.6 Å². The lowest BCUT2D eigenvalue weighted by atomic mass is 10.2. The molecule has 2 aromatic carbocycles. The standard InChI is InChI=1S/C22H20N4O3/c1-29-22(28)15-8-5-9-17(12-15)23-19-13-18(21(27)24-16-10-11-16)25-20(26-19)14-6-3-2-4-7-14/h2-9,12-13,16H,10-11H2,1H3,(H,24,27)(H,23,25,26). The van der Waals surface area contributed by atoms with Gasteiger partial charge in [-0.25, -0.2) is 14.8 Å². The molecule has 3 aromatic rings. The highest BCUT2D eigenvalue weighted by Gasteiger charge is 2.25. The van der Waals surface area contributed by atoms with Crippen LogP contribution in [0.1, 0.15) is 33.7 Å². The first kappa shape index (κ1) is 18.6. The van der Waals surface area contributed by atoms with Gasteiger partial charge in [0.25, 0.3) is 5.91 Å². The third-order valence-electron chi connectivity index (χ3n) is 4.46. The number of esters is 1. The lowest BCUT2D eigenvalue weighted by Crippen LogP contribution is -2.26. The molecule has 0 unspecified atom stereocenters. The van der Waals surface area contributed by atoms with E-state index in [1.165, 1.54) is 7.11 Å². The smallest absolute Gasteiger partial charge is 0.337 e. The van der Waals surface area contributed by atoms with Crippen LogP contribution in [0.2, 0.25) is 0 Å². The summed E-state index contributed by atoms with van der Waals surface area (Å²) >= 11 is 0. The fourth-order valence-corrected chi connectivity index (χ4v) is 2.82. The van der Waals surface area contributed by atoms with Gasteiger partial charge in [0.2, 0.25) is 0 Å². The maximum absolute atomic E-state index is 12.6.